The zero-order valence-electron chi connectivity index (χ0n) is 14.8. The van der Waals surface area contributed by atoms with Crippen LogP contribution in [-0.2, 0) is 4.79 Å². The molecule has 4 heteroatoms. The van der Waals surface area contributed by atoms with Crippen LogP contribution in [0.15, 0.2) is 78.9 Å². The maximum Gasteiger partial charge on any atom is 0.248 e. The first-order chi connectivity index (χ1) is 13.0. The Hall–Kier alpha value is -3.17. The lowest BCUT2D eigenvalue weighted by Crippen LogP contribution is -2.12. The van der Waals surface area contributed by atoms with Crippen LogP contribution < -0.4 is 5.32 Å². The number of anilines is 1. The molecule has 0 fully saturated rings. The minimum Gasteiger partial charge on any atom is -0.322 e. The van der Waals surface area contributed by atoms with Gasteiger partial charge in [-0.05, 0) is 36.8 Å². The molecule has 3 aromatic rings. The van der Waals surface area contributed by atoms with Crippen LogP contribution in [0.1, 0.15) is 27.0 Å². The van der Waals surface area contributed by atoms with Gasteiger partial charge in [0, 0.05) is 22.2 Å². The first-order valence-electron chi connectivity index (χ1n) is 8.48. The van der Waals surface area contributed by atoms with Crippen LogP contribution in [0.5, 0.6) is 0 Å². The highest BCUT2D eigenvalue weighted by Crippen LogP contribution is 2.24. The Bertz CT molecular complexity index is 993. The van der Waals surface area contributed by atoms with Crippen molar-refractivity contribution in [2.75, 3.05) is 5.32 Å². The van der Waals surface area contributed by atoms with Crippen molar-refractivity contribution in [3.8, 4) is 0 Å². The van der Waals surface area contributed by atoms with E-state index >= 15 is 0 Å². The highest BCUT2D eigenvalue weighted by molar-refractivity contribution is 6.31. The lowest BCUT2D eigenvalue weighted by Gasteiger charge is -2.10. The topological polar surface area (TPSA) is 46.2 Å². The molecule has 0 atom stereocenters. The van der Waals surface area contributed by atoms with Crippen molar-refractivity contribution >= 4 is 35.1 Å². The van der Waals surface area contributed by atoms with Crippen molar-refractivity contribution in [1.29, 1.82) is 0 Å². The van der Waals surface area contributed by atoms with E-state index in [9.17, 15) is 9.59 Å². The van der Waals surface area contributed by atoms with E-state index in [-0.39, 0.29) is 11.7 Å². The standard InChI is InChI=1S/C23H18ClNO2/c1-16-7-9-17(10-8-16)11-14-22(26)25-21-13-12-19(24)15-20(21)23(27)18-5-3-2-4-6-18/h2-15H,1H3,(H,25,26). The number of hydrogen-bond donors (Lipinski definition) is 1. The van der Waals surface area contributed by atoms with Crippen molar-refractivity contribution in [2.24, 2.45) is 0 Å². The lowest BCUT2D eigenvalue weighted by atomic mass is 10.0. The number of rotatable bonds is 5. The van der Waals surface area contributed by atoms with E-state index in [0.717, 1.165) is 11.1 Å². The summed E-state index contributed by atoms with van der Waals surface area (Å²) in [5.74, 6) is -0.518. The van der Waals surface area contributed by atoms with Crippen molar-refractivity contribution in [1.82, 2.24) is 0 Å². The first kappa shape index (κ1) is 18.6. The fourth-order valence-corrected chi connectivity index (χ4v) is 2.75. The molecule has 1 N–H and O–H groups in total. The Labute approximate surface area is 163 Å². The van der Waals surface area contributed by atoms with E-state index in [1.807, 2.05) is 37.3 Å². The van der Waals surface area contributed by atoms with Crippen molar-refractivity contribution in [3.63, 3.8) is 0 Å². The van der Waals surface area contributed by atoms with Gasteiger partial charge < -0.3 is 5.32 Å². The molecule has 3 aromatic carbocycles. The van der Waals surface area contributed by atoms with Crippen molar-refractivity contribution in [2.45, 2.75) is 6.92 Å². The summed E-state index contributed by atoms with van der Waals surface area (Å²) in [4.78, 5) is 25.1. The second kappa shape index (κ2) is 8.47. The van der Waals surface area contributed by atoms with Crippen LogP contribution in [0, 0.1) is 6.92 Å². The number of carbonyl (C=O) groups is 2. The maximum atomic E-state index is 12.8. The molecule has 0 saturated heterocycles. The number of nitrogens with one attached hydrogen (secondary N) is 1. The zero-order valence-corrected chi connectivity index (χ0v) is 15.5. The van der Waals surface area contributed by atoms with Crippen LogP contribution in [-0.4, -0.2) is 11.7 Å². The largest absolute Gasteiger partial charge is 0.322 e. The number of carbonyl (C=O) groups excluding carboxylic acids is 2. The fourth-order valence-electron chi connectivity index (χ4n) is 2.58. The summed E-state index contributed by atoms with van der Waals surface area (Å²) in [5.41, 5.74) is 3.39. The van der Waals surface area contributed by atoms with E-state index in [1.54, 1.807) is 48.5 Å². The molecular weight excluding hydrogens is 358 g/mol. The van der Waals surface area contributed by atoms with Gasteiger partial charge in [0.05, 0.1) is 5.69 Å². The van der Waals surface area contributed by atoms with Crippen molar-refractivity contribution in [3.05, 3.63) is 106 Å². The summed E-state index contributed by atoms with van der Waals surface area (Å²) < 4.78 is 0. The van der Waals surface area contributed by atoms with Gasteiger partial charge in [-0.2, -0.15) is 0 Å². The second-order valence-electron chi connectivity index (χ2n) is 6.12. The molecule has 3 nitrogen and oxygen atoms in total. The van der Waals surface area contributed by atoms with E-state index in [2.05, 4.69) is 5.32 Å². The minimum absolute atomic E-state index is 0.198. The van der Waals surface area contributed by atoms with Gasteiger partial charge in [0.2, 0.25) is 5.91 Å². The summed E-state index contributed by atoms with van der Waals surface area (Å²) in [6, 6.07) is 21.6. The lowest BCUT2D eigenvalue weighted by molar-refractivity contribution is -0.111. The smallest absolute Gasteiger partial charge is 0.248 e. The third-order valence-corrected chi connectivity index (χ3v) is 4.26. The first-order valence-corrected chi connectivity index (χ1v) is 8.86. The molecule has 27 heavy (non-hydrogen) atoms. The molecule has 0 aromatic heterocycles. The van der Waals surface area contributed by atoms with Crippen LogP contribution in [0.25, 0.3) is 6.08 Å². The fraction of sp³-hybridized carbons (Fsp3) is 0.0435. The minimum atomic E-state index is -0.319. The van der Waals surface area contributed by atoms with Crippen LogP contribution in [0.2, 0.25) is 5.02 Å². The molecule has 0 heterocycles. The number of aryl methyl sites for hydroxylation is 1. The molecule has 0 aliphatic rings. The predicted molar refractivity (Wildman–Crippen MR) is 110 cm³/mol. The maximum absolute atomic E-state index is 12.8. The molecule has 134 valence electrons. The number of hydrogen-bond acceptors (Lipinski definition) is 2. The monoisotopic (exact) mass is 375 g/mol. The van der Waals surface area contributed by atoms with Crippen LogP contribution in [0.3, 0.4) is 0 Å². The molecule has 0 spiro atoms. The number of halogens is 1. The number of benzene rings is 3. The predicted octanol–water partition coefficient (Wildman–Crippen LogP) is 5.53. The molecule has 0 unspecified atom stereocenters. The number of ketones is 1. The van der Waals surface area contributed by atoms with Crippen molar-refractivity contribution < 1.29 is 9.59 Å². The van der Waals surface area contributed by atoms with Gasteiger partial charge in [0.15, 0.2) is 5.78 Å². The zero-order chi connectivity index (χ0) is 19.2. The van der Waals surface area contributed by atoms with Gasteiger partial charge in [-0.1, -0.05) is 71.8 Å². The summed E-state index contributed by atoms with van der Waals surface area (Å²) >= 11 is 6.06. The Kier molecular flexibility index (Phi) is 5.84. The second-order valence-corrected chi connectivity index (χ2v) is 6.55. The van der Waals surface area contributed by atoms with E-state index in [0.29, 0.717) is 21.8 Å². The molecule has 1 amide bonds. The molecule has 3 rings (SSSR count). The quantitative estimate of drug-likeness (QED) is 0.470. The van der Waals surface area contributed by atoms with Gasteiger partial charge in [-0.3, -0.25) is 9.59 Å². The third kappa shape index (κ3) is 4.93. The third-order valence-electron chi connectivity index (χ3n) is 4.02. The average molecular weight is 376 g/mol. The summed E-state index contributed by atoms with van der Waals surface area (Å²) in [5, 5.41) is 3.20. The Morgan fingerprint density at radius 2 is 1.63 bits per heavy atom. The molecule has 0 bridgehead atoms. The molecule has 0 saturated carbocycles. The molecule has 0 radical (unpaired) electrons. The Balaban J connectivity index is 1.81. The Morgan fingerprint density at radius 1 is 0.926 bits per heavy atom. The normalized spacial score (nSPS) is 10.7. The molecule has 0 aliphatic heterocycles. The van der Waals surface area contributed by atoms with Gasteiger partial charge in [0.25, 0.3) is 0 Å². The Morgan fingerprint density at radius 3 is 2.33 bits per heavy atom. The molecular formula is C23H18ClNO2. The highest BCUT2D eigenvalue weighted by Gasteiger charge is 2.15. The number of amides is 1. The van der Waals surface area contributed by atoms with Crippen LogP contribution >= 0.6 is 11.6 Å². The van der Waals surface area contributed by atoms with Gasteiger partial charge in [-0.25, -0.2) is 0 Å². The van der Waals surface area contributed by atoms with Gasteiger partial charge in [-0.15, -0.1) is 0 Å². The van der Waals surface area contributed by atoms with E-state index < -0.39 is 0 Å². The SMILES string of the molecule is Cc1ccc(C=CC(=O)Nc2ccc(Cl)cc2C(=O)c2ccccc2)cc1. The van der Waals surface area contributed by atoms with E-state index in [4.69, 9.17) is 11.6 Å². The summed E-state index contributed by atoms with van der Waals surface area (Å²) in [6.07, 6.45) is 3.17. The van der Waals surface area contributed by atoms with Gasteiger partial charge >= 0.3 is 0 Å². The summed E-state index contributed by atoms with van der Waals surface area (Å²) in [7, 11) is 0. The molecule has 0 aliphatic carbocycles. The highest BCUT2D eigenvalue weighted by atomic mass is 35.5. The average Bonchev–Trinajstić information content (AvgIpc) is 2.69. The van der Waals surface area contributed by atoms with Gasteiger partial charge in [0.1, 0.15) is 0 Å². The van der Waals surface area contributed by atoms with E-state index in [1.165, 1.54) is 6.08 Å². The van der Waals surface area contributed by atoms with Crippen LogP contribution in [0.4, 0.5) is 5.69 Å². The summed E-state index contributed by atoms with van der Waals surface area (Å²) in [6.45, 7) is 2.01.